The molecule has 2 aromatic rings. The normalized spacial score (nSPS) is 16.1. The summed E-state index contributed by atoms with van der Waals surface area (Å²) in [5, 5.41) is 0. The van der Waals surface area contributed by atoms with Crippen LogP contribution in [0.4, 0.5) is 14.5 Å². The van der Waals surface area contributed by atoms with Crippen LogP contribution < -0.4 is 4.90 Å². The van der Waals surface area contributed by atoms with E-state index in [1.807, 2.05) is 13.1 Å². The van der Waals surface area contributed by atoms with Crippen molar-refractivity contribution >= 4 is 17.5 Å². The molecule has 0 radical (unpaired) electrons. The van der Waals surface area contributed by atoms with Gasteiger partial charge in [-0.3, -0.25) is 14.6 Å². The summed E-state index contributed by atoms with van der Waals surface area (Å²) >= 11 is 0. The van der Waals surface area contributed by atoms with Crippen LogP contribution in [-0.2, 0) is 22.6 Å². The molecule has 3 rings (SSSR count). The van der Waals surface area contributed by atoms with Crippen LogP contribution in [0.25, 0.3) is 0 Å². The molecule has 6 nitrogen and oxygen atoms in total. The van der Waals surface area contributed by atoms with Gasteiger partial charge in [0.2, 0.25) is 11.8 Å². The third-order valence-corrected chi connectivity index (χ3v) is 5.70. The van der Waals surface area contributed by atoms with Crippen LogP contribution in [0, 0.1) is 11.6 Å². The standard InChI is InChI=1S/C24H30F2N4O2/c1-3-23(31)30-12-6-10-28(2)9-5-11-29(24(32)13-18-7-4-8-27-16-18)17-19-14-20(25)21(26)15-22(19)30/h4,7-8,14-16H,3,5-6,9-13,17H2,1-2H3. The highest BCUT2D eigenvalue weighted by Gasteiger charge is 2.24. The Kier molecular flexibility index (Phi) is 8.27. The quantitative estimate of drug-likeness (QED) is 0.728. The van der Waals surface area contributed by atoms with Gasteiger partial charge in [0, 0.05) is 44.5 Å². The first kappa shape index (κ1) is 23.8. The third kappa shape index (κ3) is 6.09. The molecule has 1 aliphatic heterocycles. The van der Waals surface area contributed by atoms with Crippen LogP contribution in [0.5, 0.6) is 0 Å². The van der Waals surface area contributed by atoms with Crippen molar-refractivity contribution in [3.8, 4) is 0 Å². The maximum Gasteiger partial charge on any atom is 0.227 e. The maximum atomic E-state index is 14.2. The van der Waals surface area contributed by atoms with Crippen molar-refractivity contribution in [2.75, 3.05) is 38.1 Å². The molecule has 0 saturated heterocycles. The second-order valence-corrected chi connectivity index (χ2v) is 8.16. The minimum atomic E-state index is -1.00. The molecular formula is C24H30F2N4O2. The molecule has 0 saturated carbocycles. The molecule has 0 fully saturated rings. The molecule has 8 heteroatoms. The number of carbonyl (C=O) groups is 2. The summed E-state index contributed by atoms with van der Waals surface area (Å²) in [6.45, 7) is 4.28. The topological polar surface area (TPSA) is 56.8 Å². The van der Waals surface area contributed by atoms with Gasteiger partial charge >= 0.3 is 0 Å². The molecule has 1 aliphatic rings. The smallest absolute Gasteiger partial charge is 0.227 e. The van der Waals surface area contributed by atoms with E-state index in [9.17, 15) is 18.4 Å². The Morgan fingerprint density at radius 3 is 2.44 bits per heavy atom. The van der Waals surface area contributed by atoms with Gasteiger partial charge in [-0.25, -0.2) is 8.78 Å². The number of carbonyl (C=O) groups excluding carboxylic acids is 2. The van der Waals surface area contributed by atoms with Crippen LogP contribution in [0.15, 0.2) is 36.7 Å². The summed E-state index contributed by atoms with van der Waals surface area (Å²) in [5.41, 5.74) is 1.55. The van der Waals surface area contributed by atoms with Crippen LogP contribution in [0.2, 0.25) is 0 Å². The second kappa shape index (κ2) is 11.1. The van der Waals surface area contributed by atoms with Crippen LogP contribution in [0.3, 0.4) is 0 Å². The van der Waals surface area contributed by atoms with Gasteiger partial charge in [0.25, 0.3) is 0 Å². The minimum Gasteiger partial charge on any atom is -0.338 e. The van der Waals surface area contributed by atoms with E-state index < -0.39 is 11.6 Å². The van der Waals surface area contributed by atoms with Crippen LogP contribution in [0.1, 0.15) is 37.3 Å². The molecule has 0 aliphatic carbocycles. The zero-order valence-electron chi connectivity index (χ0n) is 18.7. The highest BCUT2D eigenvalue weighted by molar-refractivity contribution is 5.94. The summed E-state index contributed by atoms with van der Waals surface area (Å²) in [6, 6.07) is 5.80. The largest absolute Gasteiger partial charge is 0.338 e. The van der Waals surface area contributed by atoms with E-state index in [1.54, 1.807) is 30.3 Å². The molecule has 1 aromatic heterocycles. The molecule has 0 N–H and O–H groups in total. The van der Waals surface area contributed by atoms with Crippen molar-refractivity contribution in [3.63, 3.8) is 0 Å². The Balaban J connectivity index is 1.97. The first-order valence-corrected chi connectivity index (χ1v) is 11.0. The SMILES string of the molecule is CCC(=O)N1CCCN(C)CCCN(C(=O)Cc2cccnc2)Cc2cc(F)c(F)cc21. The van der Waals surface area contributed by atoms with Crippen molar-refractivity contribution in [1.82, 2.24) is 14.8 Å². The van der Waals surface area contributed by atoms with E-state index in [0.717, 1.165) is 37.2 Å². The molecule has 32 heavy (non-hydrogen) atoms. The zero-order chi connectivity index (χ0) is 23.1. The van der Waals surface area contributed by atoms with E-state index in [2.05, 4.69) is 9.88 Å². The van der Waals surface area contributed by atoms with E-state index in [4.69, 9.17) is 0 Å². The monoisotopic (exact) mass is 444 g/mol. The maximum absolute atomic E-state index is 14.2. The van der Waals surface area contributed by atoms with Gasteiger partial charge in [-0.2, -0.15) is 0 Å². The zero-order valence-corrected chi connectivity index (χ0v) is 18.7. The van der Waals surface area contributed by atoms with Crippen LogP contribution in [-0.4, -0.2) is 59.8 Å². The Morgan fingerprint density at radius 2 is 1.75 bits per heavy atom. The summed E-state index contributed by atoms with van der Waals surface area (Å²) in [6.07, 6.45) is 5.17. The van der Waals surface area contributed by atoms with Crippen molar-refractivity contribution in [1.29, 1.82) is 0 Å². The number of aromatic nitrogens is 1. The molecule has 0 spiro atoms. The first-order valence-electron chi connectivity index (χ1n) is 11.0. The van der Waals surface area contributed by atoms with E-state index in [0.29, 0.717) is 30.8 Å². The number of rotatable bonds is 3. The number of anilines is 1. The number of fused-ring (bicyclic) bond motifs is 1. The number of hydrogen-bond donors (Lipinski definition) is 0. The lowest BCUT2D eigenvalue weighted by Crippen LogP contribution is -2.38. The highest BCUT2D eigenvalue weighted by atomic mass is 19.2. The first-order chi connectivity index (χ1) is 15.4. The highest BCUT2D eigenvalue weighted by Crippen LogP contribution is 2.27. The predicted molar refractivity (Wildman–Crippen MR) is 119 cm³/mol. The lowest BCUT2D eigenvalue weighted by atomic mass is 10.1. The molecule has 172 valence electrons. The molecule has 0 bridgehead atoms. The molecule has 0 atom stereocenters. The van der Waals surface area contributed by atoms with Gasteiger partial charge in [-0.15, -0.1) is 0 Å². The fourth-order valence-corrected chi connectivity index (χ4v) is 3.95. The number of nitrogens with zero attached hydrogens (tertiary/aromatic N) is 4. The lowest BCUT2D eigenvalue weighted by molar-refractivity contribution is -0.131. The molecule has 1 aromatic carbocycles. The molecule has 2 amide bonds. The number of halogens is 2. The third-order valence-electron chi connectivity index (χ3n) is 5.70. The second-order valence-electron chi connectivity index (χ2n) is 8.16. The Bertz CT molecular complexity index is 939. The average Bonchev–Trinajstić information content (AvgIpc) is 2.78. The van der Waals surface area contributed by atoms with E-state index >= 15 is 0 Å². The van der Waals surface area contributed by atoms with Gasteiger partial charge in [0.1, 0.15) is 0 Å². The Morgan fingerprint density at radius 1 is 1.03 bits per heavy atom. The number of pyridine rings is 1. The van der Waals surface area contributed by atoms with Crippen molar-refractivity contribution < 1.29 is 18.4 Å². The Hall–Kier alpha value is -2.87. The van der Waals surface area contributed by atoms with E-state index in [1.165, 1.54) is 4.90 Å². The van der Waals surface area contributed by atoms with Crippen molar-refractivity contribution in [2.45, 2.75) is 39.2 Å². The van der Waals surface area contributed by atoms with Gasteiger partial charge in [-0.1, -0.05) is 13.0 Å². The lowest BCUT2D eigenvalue weighted by Gasteiger charge is -2.31. The fraction of sp³-hybridized carbons (Fsp3) is 0.458. The van der Waals surface area contributed by atoms with Crippen molar-refractivity contribution in [3.05, 3.63) is 59.4 Å². The van der Waals surface area contributed by atoms with Crippen molar-refractivity contribution in [2.24, 2.45) is 0 Å². The number of hydrogen-bond acceptors (Lipinski definition) is 4. The summed E-state index contributed by atoms with van der Waals surface area (Å²) in [7, 11) is 2.00. The average molecular weight is 445 g/mol. The summed E-state index contributed by atoms with van der Waals surface area (Å²) < 4.78 is 28.4. The molecule has 0 unspecified atom stereocenters. The summed E-state index contributed by atoms with van der Waals surface area (Å²) in [4.78, 5) is 35.2. The Labute approximate surface area is 187 Å². The fourth-order valence-electron chi connectivity index (χ4n) is 3.95. The minimum absolute atomic E-state index is 0.100. The van der Waals surface area contributed by atoms with Gasteiger partial charge < -0.3 is 14.7 Å². The number of amides is 2. The van der Waals surface area contributed by atoms with Gasteiger partial charge in [0.15, 0.2) is 11.6 Å². The van der Waals surface area contributed by atoms with E-state index in [-0.39, 0.29) is 31.2 Å². The molecular weight excluding hydrogens is 414 g/mol. The molecule has 2 heterocycles. The van der Waals surface area contributed by atoms with Gasteiger partial charge in [-0.05, 0) is 56.2 Å². The van der Waals surface area contributed by atoms with Crippen LogP contribution >= 0.6 is 0 Å². The summed E-state index contributed by atoms with van der Waals surface area (Å²) in [5.74, 6) is -2.28. The number of benzene rings is 1. The predicted octanol–water partition coefficient (Wildman–Crippen LogP) is 3.40. The van der Waals surface area contributed by atoms with Gasteiger partial charge in [0.05, 0.1) is 12.1 Å².